The third-order valence-corrected chi connectivity index (χ3v) is 10.8. The van der Waals surface area contributed by atoms with Gasteiger partial charge in [0.05, 0.1) is 58.6 Å². The maximum Gasteiger partial charge on any atom is 0.271 e. The highest BCUT2D eigenvalue weighted by molar-refractivity contribution is 8.01. The van der Waals surface area contributed by atoms with E-state index in [4.69, 9.17) is 30.5 Å². The molecule has 250 valence electrons. The highest BCUT2D eigenvalue weighted by Crippen LogP contribution is 2.43. The lowest BCUT2D eigenvalue weighted by Gasteiger charge is -2.47. The van der Waals surface area contributed by atoms with Crippen molar-refractivity contribution in [3.8, 4) is 5.75 Å². The van der Waals surface area contributed by atoms with Gasteiger partial charge in [0.25, 0.3) is 5.69 Å². The number of nitro groups is 1. The number of nitro benzene ring substituents is 1. The minimum Gasteiger partial charge on any atom is -0.460 e. The van der Waals surface area contributed by atoms with Crippen LogP contribution in [0.15, 0.2) is 18.2 Å². The number of halogens is 1. The van der Waals surface area contributed by atoms with Crippen LogP contribution in [0, 0.1) is 10.1 Å². The quantitative estimate of drug-likeness (QED) is 0.0841. The van der Waals surface area contributed by atoms with Crippen LogP contribution in [0.5, 0.6) is 5.75 Å². The molecule has 4 rings (SSSR count). The van der Waals surface area contributed by atoms with E-state index in [0.717, 1.165) is 12.1 Å². The summed E-state index contributed by atoms with van der Waals surface area (Å²) in [5.41, 5.74) is -2.97. The molecule has 3 heterocycles. The van der Waals surface area contributed by atoms with Gasteiger partial charge < -0.3 is 70.0 Å². The zero-order valence-electron chi connectivity index (χ0n) is 22.6. The average Bonchev–Trinajstić information content (AvgIpc) is 3.00. The summed E-state index contributed by atoms with van der Waals surface area (Å²) in [6.45, 7) is -2.09. The molecule has 3 saturated heterocycles. The van der Waals surface area contributed by atoms with E-state index in [2.05, 4.69) is 0 Å². The molecule has 20 heteroatoms. The predicted molar refractivity (Wildman–Crippen MR) is 151 cm³/mol. The number of aliphatic hydroxyl groups is 10. The largest absolute Gasteiger partial charge is 0.460 e. The Morgan fingerprint density at radius 1 is 0.727 bits per heavy atom. The van der Waals surface area contributed by atoms with Gasteiger partial charge in [-0.25, -0.2) is 0 Å². The molecule has 0 spiro atoms. The number of rotatable bonds is 10. The summed E-state index contributed by atoms with van der Waals surface area (Å²) in [6.07, 6.45) is -17.0. The number of hydrogen-bond acceptors (Lipinski definition) is 18. The molecule has 3 aliphatic heterocycles. The minimum absolute atomic E-state index is 0.112. The summed E-state index contributed by atoms with van der Waals surface area (Å²) in [4.78, 5) is 10.3. The third-order valence-electron chi connectivity index (χ3n) is 7.44. The molecule has 0 radical (unpaired) electrons. The molecule has 1 aromatic carbocycles. The van der Waals surface area contributed by atoms with Crippen molar-refractivity contribution in [1.29, 1.82) is 0 Å². The van der Waals surface area contributed by atoms with Gasteiger partial charge in [-0.15, -0.1) is 23.5 Å². The Labute approximate surface area is 263 Å². The van der Waals surface area contributed by atoms with Gasteiger partial charge in [0.15, 0.2) is 0 Å². The zero-order valence-corrected chi connectivity index (χ0v) is 25.0. The molecule has 10 N–H and O–H groups in total. The fourth-order valence-corrected chi connectivity index (χ4v) is 8.16. The van der Waals surface area contributed by atoms with Gasteiger partial charge >= 0.3 is 0 Å². The molecule has 17 nitrogen and oxygen atoms in total. The molecule has 0 aromatic heterocycles. The van der Waals surface area contributed by atoms with Crippen LogP contribution < -0.4 is 4.74 Å². The van der Waals surface area contributed by atoms with Gasteiger partial charge in [-0.05, 0) is 6.07 Å². The van der Waals surface area contributed by atoms with E-state index in [1.807, 2.05) is 0 Å². The molecule has 0 saturated carbocycles. The van der Waals surface area contributed by atoms with Crippen molar-refractivity contribution in [2.45, 2.75) is 88.7 Å². The zero-order chi connectivity index (χ0) is 32.5. The fraction of sp³-hybridized carbons (Fsp3) is 0.750. The summed E-state index contributed by atoms with van der Waals surface area (Å²) < 4.78 is 22.4. The maximum absolute atomic E-state index is 11.0. The van der Waals surface area contributed by atoms with Crippen molar-refractivity contribution in [2.24, 2.45) is 0 Å². The highest BCUT2D eigenvalue weighted by Gasteiger charge is 2.53. The van der Waals surface area contributed by atoms with Crippen LogP contribution >= 0.6 is 35.1 Å². The normalized spacial score (nSPS) is 43.0. The topological polar surface area (TPSA) is 282 Å². The van der Waals surface area contributed by atoms with Gasteiger partial charge in [0, 0.05) is 12.1 Å². The number of aliphatic hydroxyl groups excluding tert-OH is 10. The van der Waals surface area contributed by atoms with Crippen molar-refractivity contribution in [3.63, 3.8) is 0 Å². The summed E-state index contributed by atoms with van der Waals surface area (Å²) in [5.74, 6) is -0.112. The molecule has 3 aliphatic rings. The first-order valence-corrected chi connectivity index (χ1v) is 15.6. The first-order chi connectivity index (χ1) is 20.8. The van der Waals surface area contributed by atoms with Crippen molar-refractivity contribution < 1.29 is 74.9 Å². The van der Waals surface area contributed by atoms with E-state index in [1.54, 1.807) is 0 Å². The molecular formula is C24H34ClNO16S2. The number of hydrogen-bond donors (Lipinski definition) is 10. The summed E-state index contributed by atoms with van der Waals surface area (Å²) in [5, 5.41) is 112. The Balaban J connectivity index is 1.44. The molecule has 0 aliphatic carbocycles. The van der Waals surface area contributed by atoms with Crippen molar-refractivity contribution in [2.75, 3.05) is 19.8 Å². The van der Waals surface area contributed by atoms with E-state index < -0.39 is 113 Å². The number of ether oxygens (including phenoxy) is 4. The second-order valence-electron chi connectivity index (χ2n) is 10.3. The second-order valence-corrected chi connectivity index (χ2v) is 13.3. The standard InChI is InChI=1S/C24H34ClNO16S2/c25-8-3-7(26(37)38)1-2-9(8)39-22-17(34)15(32)20(11(5-28)40-22)43-24-19(36)16(33)21(12(6-29)42-24)44-23-18(35)14(31)13(30)10(4-27)41-23/h1-3,10-24,27-36H,4-6H2/t10-,11-,12-,13-,14+,15-,16-,17-,18-,19-,20-,21-,22+,23-,24-/m1/s1. The average molecular weight is 692 g/mol. The Morgan fingerprint density at radius 3 is 1.75 bits per heavy atom. The molecule has 0 amide bonds. The lowest BCUT2D eigenvalue weighted by Crippen LogP contribution is -2.62. The van der Waals surface area contributed by atoms with Crippen LogP contribution in [0.1, 0.15) is 0 Å². The molecular weight excluding hydrogens is 658 g/mol. The summed E-state index contributed by atoms with van der Waals surface area (Å²) >= 11 is 7.44. The SMILES string of the molecule is O=[N+]([O-])c1ccc(O[C@H]2O[C@H](CO)[C@@H](S[C@H]3O[C@H](CO)[C@@H](S[C@H]4O[C@H](CO)[C@@H](O)[C@H](O)[C@H]4O)[C@H](O)[C@H]3O)[C@H](O)[C@H]2O)c(Cl)c1. The second kappa shape index (κ2) is 15.2. The number of benzene rings is 1. The fourth-order valence-electron chi connectivity index (χ4n) is 4.96. The van der Waals surface area contributed by atoms with Gasteiger partial charge in [0.1, 0.15) is 59.3 Å². The van der Waals surface area contributed by atoms with Crippen LogP contribution in [0.4, 0.5) is 5.69 Å². The van der Waals surface area contributed by atoms with Crippen LogP contribution in [0.3, 0.4) is 0 Å². The van der Waals surface area contributed by atoms with Crippen LogP contribution in [0.2, 0.25) is 5.02 Å². The van der Waals surface area contributed by atoms with Crippen LogP contribution in [0.25, 0.3) is 0 Å². The maximum atomic E-state index is 11.0. The molecule has 1 aromatic rings. The van der Waals surface area contributed by atoms with Crippen molar-refractivity contribution in [1.82, 2.24) is 0 Å². The first-order valence-electron chi connectivity index (χ1n) is 13.3. The van der Waals surface area contributed by atoms with Crippen molar-refractivity contribution >= 4 is 40.8 Å². The van der Waals surface area contributed by atoms with Gasteiger partial charge in [-0.1, -0.05) is 11.6 Å². The molecule has 0 unspecified atom stereocenters. The third kappa shape index (κ3) is 7.38. The lowest BCUT2D eigenvalue weighted by molar-refractivity contribution is -0.384. The Morgan fingerprint density at radius 2 is 1.23 bits per heavy atom. The number of thioether (sulfide) groups is 2. The Bertz CT molecular complexity index is 1120. The summed E-state index contributed by atoms with van der Waals surface area (Å²) in [6, 6.07) is 3.28. The summed E-state index contributed by atoms with van der Waals surface area (Å²) in [7, 11) is 0. The van der Waals surface area contributed by atoms with Gasteiger partial charge in [-0.2, -0.15) is 0 Å². The van der Waals surface area contributed by atoms with E-state index >= 15 is 0 Å². The number of non-ortho nitro benzene ring substituents is 1. The van der Waals surface area contributed by atoms with Crippen LogP contribution in [-0.4, -0.2) is 165 Å². The van der Waals surface area contributed by atoms with E-state index in [0.29, 0.717) is 23.5 Å². The smallest absolute Gasteiger partial charge is 0.271 e. The predicted octanol–water partition coefficient (Wildman–Crippen LogP) is -3.49. The highest BCUT2D eigenvalue weighted by atomic mass is 35.5. The van der Waals surface area contributed by atoms with E-state index in [9.17, 15) is 61.2 Å². The monoisotopic (exact) mass is 691 g/mol. The Kier molecular flexibility index (Phi) is 12.3. The molecule has 44 heavy (non-hydrogen) atoms. The number of nitrogens with zero attached hydrogens (tertiary/aromatic N) is 1. The molecule has 3 fully saturated rings. The minimum atomic E-state index is -1.75. The molecule has 0 bridgehead atoms. The van der Waals surface area contributed by atoms with Crippen LogP contribution in [-0.2, 0) is 14.2 Å². The van der Waals surface area contributed by atoms with E-state index in [-0.39, 0.29) is 16.5 Å². The van der Waals surface area contributed by atoms with E-state index in [1.165, 1.54) is 6.07 Å². The molecule has 15 atom stereocenters. The first kappa shape index (κ1) is 35.7. The Hall–Kier alpha value is -1.11. The van der Waals surface area contributed by atoms with Crippen molar-refractivity contribution in [3.05, 3.63) is 33.3 Å². The lowest BCUT2D eigenvalue weighted by atomic mass is 10.0. The van der Waals surface area contributed by atoms with Gasteiger partial charge in [0.2, 0.25) is 6.29 Å². The van der Waals surface area contributed by atoms with Gasteiger partial charge in [-0.3, -0.25) is 10.1 Å².